The number of ketones is 1. The average Bonchev–Trinajstić information content (AvgIpc) is 3.38. The van der Waals surface area contributed by atoms with E-state index in [9.17, 15) is 4.79 Å². The highest BCUT2D eigenvalue weighted by Crippen LogP contribution is 2.31. The van der Waals surface area contributed by atoms with Gasteiger partial charge in [-0.3, -0.25) is 4.79 Å². The van der Waals surface area contributed by atoms with Crippen LogP contribution in [0.4, 0.5) is 5.69 Å². The number of nitrogens with zero attached hydrogens (tertiary/aromatic N) is 2. The molecule has 1 saturated carbocycles. The molecule has 0 bridgehead atoms. The number of rotatable bonds is 11. The fraction of sp³-hybridized carbons (Fsp3) is 0.429. The molecule has 2 aromatic carbocycles. The monoisotopic (exact) mass is 476 g/mol. The number of benzene rings is 2. The summed E-state index contributed by atoms with van der Waals surface area (Å²) in [5.74, 6) is 3.04. The lowest BCUT2D eigenvalue weighted by Crippen LogP contribution is -2.24. The van der Waals surface area contributed by atoms with E-state index in [1.54, 1.807) is 0 Å². The van der Waals surface area contributed by atoms with Gasteiger partial charge in [0.25, 0.3) is 5.88 Å². The minimum atomic E-state index is -0.0952. The van der Waals surface area contributed by atoms with Gasteiger partial charge in [0.2, 0.25) is 11.5 Å². The lowest BCUT2D eigenvalue weighted by molar-refractivity contribution is 0.0939. The number of carbonyl (C=O) groups is 1. The second-order valence-corrected chi connectivity index (χ2v) is 9.55. The summed E-state index contributed by atoms with van der Waals surface area (Å²) in [5, 5.41) is 3.70. The number of carbonyl (C=O) groups excluding carboxylic acids is 1. The van der Waals surface area contributed by atoms with Crippen molar-refractivity contribution in [1.82, 2.24) is 5.16 Å². The molecule has 2 fully saturated rings. The van der Waals surface area contributed by atoms with Gasteiger partial charge in [0.15, 0.2) is 0 Å². The predicted octanol–water partition coefficient (Wildman–Crippen LogP) is 5.51. The van der Waals surface area contributed by atoms with Gasteiger partial charge >= 0.3 is 0 Å². The van der Waals surface area contributed by atoms with Crippen molar-refractivity contribution >= 4 is 11.5 Å². The summed E-state index contributed by atoms with van der Waals surface area (Å²) in [6.07, 6.45) is 4.06. The van der Waals surface area contributed by atoms with Crippen molar-refractivity contribution in [3.8, 4) is 17.4 Å². The molecule has 2 atom stereocenters. The molecule has 5 rings (SSSR count). The number of methoxy groups -OCH3 is 1. The van der Waals surface area contributed by atoms with Crippen molar-refractivity contribution < 1.29 is 23.5 Å². The zero-order valence-electron chi connectivity index (χ0n) is 20.3. The molecule has 35 heavy (non-hydrogen) atoms. The average molecular weight is 477 g/mol. The van der Waals surface area contributed by atoms with Crippen LogP contribution in [-0.2, 0) is 0 Å². The minimum Gasteiger partial charge on any atom is -0.493 e. The zero-order chi connectivity index (χ0) is 24.2. The minimum absolute atomic E-state index is 0.0471. The lowest BCUT2D eigenvalue weighted by Gasteiger charge is -2.20. The van der Waals surface area contributed by atoms with Crippen molar-refractivity contribution in [2.24, 2.45) is 5.92 Å². The van der Waals surface area contributed by atoms with E-state index in [-0.39, 0.29) is 23.6 Å². The zero-order valence-corrected chi connectivity index (χ0v) is 20.3. The topological polar surface area (TPSA) is 74.0 Å². The van der Waals surface area contributed by atoms with Crippen molar-refractivity contribution in [1.29, 1.82) is 0 Å². The summed E-state index contributed by atoms with van der Waals surface area (Å²) in [4.78, 5) is 14.8. The van der Waals surface area contributed by atoms with Gasteiger partial charge in [-0.05, 0) is 71.8 Å². The number of anilines is 1. The van der Waals surface area contributed by atoms with Crippen LogP contribution < -0.4 is 19.1 Å². The molecule has 7 nitrogen and oxygen atoms in total. The van der Waals surface area contributed by atoms with Crippen LogP contribution in [0.3, 0.4) is 0 Å². The molecule has 0 radical (unpaired) electrons. The maximum atomic E-state index is 12.5. The van der Waals surface area contributed by atoms with Crippen LogP contribution in [0.25, 0.3) is 0 Å². The van der Waals surface area contributed by atoms with E-state index in [1.807, 2.05) is 31.2 Å². The molecule has 2 aliphatic rings. The highest BCUT2D eigenvalue weighted by Gasteiger charge is 2.25. The number of ether oxygens (including phenoxy) is 3. The SMILES string of the molecule is COc1cc(C(=O)C[C@@H](C)c2ccc(O[C@@H]3CCN(c4ccc(OCC5CC5)cc4)C3)cc2)on1. The van der Waals surface area contributed by atoms with Crippen molar-refractivity contribution in [3.05, 3.63) is 65.9 Å². The normalized spacial score (nSPS) is 18.3. The molecule has 3 aromatic rings. The molecule has 0 unspecified atom stereocenters. The van der Waals surface area contributed by atoms with Gasteiger partial charge in [0.1, 0.15) is 17.6 Å². The molecule has 0 spiro atoms. The van der Waals surface area contributed by atoms with Crippen molar-refractivity contribution in [3.63, 3.8) is 0 Å². The Morgan fingerprint density at radius 1 is 1.09 bits per heavy atom. The van der Waals surface area contributed by atoms with E-state index in [4.69, 9.17) is 18.7 Å². The fourth-order valence-corrected chi connectivity index (χ4v) is 4.36. The number of hydrogen-bond acceptors (Lipinski definition) is 7. The van der Waals surface area contributed by atoms with E-state index < -0.39 is 0 Å². The van der Waals surface area contributed by atoms with Gasteiger partial charge in [0.05, 0.1) is 26.3 Å². The van der Waals surface area contributed by atoms with E-state index >= 15 is 0 Å². The van der Waals surface area contributed by atoms with E-state index in [0.717, 1.165) is 49.1 Å². The van der Waals surface area contributed by atoms with E-state index in [0.29, 0.717) is 12.3 Å². The summed E-state index contributed by atoms with van der Waals surface area (Å²) in [5.41, 5.74) is 2.28. The standard InChI is InChI=1S/C28H32N2O5/c1-19(15-26(31)27-16-28(32-2)29-35-27)21-5-9-24(10-6-21)34-25-13-14-30(17-25)22-7-11-23(12-8-22)33-18-20-3-4-20/h5-12,16,19-20,25H,3-4,13-15,17-18H2,1-2H3/t19-,25-/m1/s1. The molecule has 1 aliphatic carbocycles. The summed E-state index contributed by atoms with van der Waals surface area (Å²) in [6.45, 7) is 4.69. The van der Waals surface area contributed by atoms with Crippen LogP contribution in [0.5, 0.6) is 17.4 Å². The smallest absolute Gasteiger partial charge is 0.254 e. The number of hydrogen-bond donors (Lipinski definition) is 0. The molecular weight excluding hydrogens is 444 g/mol. The first kappa shape index (κ1) is 23.3. The Hall–Kier alpha value is -3.48. The van der Waals surface area contributed by atoms with E-state index in [2.05, 4.69) is 34.3 Å². The molecule has 184 valence electrons. The highest BCUT2D eigenvalue weighted by atomic mass is 16.5. The second-order valence-electron chi connectivity index (χ2n) is 9.55. The summed E-state index contributed by atoms with van der Waals surface area (Å²) in [6, 6.07) is 18.0. The Labute approximate surface area is 206 Å². The first-order valence-electron chi connectivity index (χ1n) is 12.4. The Morgan fingerprint density at radius 3 is 2.51 bits per heavy atom. The lowest BCUT2D eigenvalue weighted by atomic mass is 9.95. The third-order valence-electron chi connectivity index (χ3n) is 6.75. The number of aromatic nitrogens is 1. The van der Waals surface area contributed by atoms with Crippen molar-refractivity contribution in [2.45, 2.75) is 44.6 Å². The maximum absolute atomic E-state index is 12.5. The van der Waals surface area contributed by atoms with E-state index in [1.165, 1.54) is 31.7 Å². The first-order valence-corrected chi connectivity index (χ1v) is 12.4. The first-order chi connectivity index (χ1) is 17.1. The van der Waals surface area contributed by atoms with Crippen LogP contribution in [0, 0.1) is 5.92 Å². The Balaban J connectivity index is 1.10. The van der Waals surface area contributed by atoms with Gasteiger partial charge in [0, 0.05) is 25.1 Å². The Morgan fingerprint density at radius 2 is 1.83 bits per heavy atom. The van der Waals surface area contributed by atoms with Crippen LogP contribution in [0.15, 0.2) is 59.1 Å². The summed E-state index contributed by atoms with van der Waals surface area (Å²) < 4.78 is 22.1. The molecule has 1 aliphatic heterocycles. The molecule has 2 heterocycles. The van der Waals surface area contributed by atoms with Gasteiger partial charge in [-0.1, -0.05) is 19.1 Å². The Bertz CT molecular complexity index is 1120. The summed E-state index contributed by atoms with van der Waals surface area (Å²) in [7, 11) is 1.49. The molecule has 1 saturated heterocycles. The van der Waals surface area contributed by atoms with Gasteiger partial charge in [-0.25, -0.2) is 0 Å². The molecular formula is C28H32N2O5. The van der Waals surface area contributed by atoms with Crippen LogP contribution in [0.2, 0.25) is 0 Å². The maximum Gasteiger partial charge on any atom is 0.254 e. The number of Topliss-reactive ketones (excluding diaryl/α,β-unsaturated/α-hetero) is 1. The predicted molar refractivity (Wildman–Crippen MR) is 133 cm³/mol. The van der Waals surface area contributed by atoms with Crippen LogP contribution in [-0.4, -0.2) is 43.9 Å². The molecule has 0 N–H and O–H groups in total. The van der Waals surface area contributed by atoms with Gasteiger partial charge in [-0.2, -0.15) is 0 Å². The van der Waals surface area contributed by atoms with Crippen LogP contribution >= 0.6 is 0 Å². The third kappa shape index (κ3) is 5.96. The van der Waals surface area contributed by atoms with Crippen molar-refractivity contribution in [2.75, 3.05) is 31.7 Å². The third-order valence-corrected chi connectivity index (χ3v) is 6.75. The van der Waals surface area contributed by atoms with Crippen LogP contribution in [0.1, 0.15) is 54.6 Å². The fourth-order valence-electron chi connectivity index (χ4n) is 4.36. The quantitative estimate of drug-likeness (QED) is 0.338. The summed E-state index contributed by atoms with van der Waals surface area (Å²) >= 11 is 0. The van der Waals surface area contributed by atoms with Gasteiger partial charge in [-0.15, -0.1) is 0 Å². The second kappa shape index (κ2) is 10.4. The molecule has 7 heteroatoms. The highest BCUT2D eigenvalue weighted by molar-refractivity contribution is 5.94. The molecule has 1 aromatic heterocycles. The molecule has 0 amide bonds. The largest absolute Gasteiger partial charge is 0.493 e. The van der Waals surface area contributed by atoms with Gasteiger partial charge < -0.3 is 23.6 Å². The Kier molecular flexibility index (Phi) is 6.93.